The predicted octanol–water partition coefficient (Wildman–Crippen LogP) is 15.8. The zero-order chi connectivity index (χ0) is 48.8. The lowest BCUT2D eigenvalue weighted by Gasteiger charge is -2.19. The maximum atomic E-state index is 12.6. The van der Waals surface area contributed by atoms with Gasteiger partial charge in [-0.25, -0.2) is 4.57 Å². The number of hydrogen-bond donors (Lipinski definition) is 2. The van der Waals surface area contributed by atoms with Crippen LogP contribution < -0.4 is 5.73 Å². The molecule has 0 saturated heterocycles. The Morgan fingerprint density at radius 3 is 1.16 bits per heavy atom. The number of allylic oxidation sites excluding steroid dienone is 22. The molecule has 0 aliphatic heterocycles. The van der Waals surface area contributed by atoms with E-state index in [0.717, 1.165) is 116 Å². The summed E-state index contributed by atoms with van der Waals surface area (Å²) in [5, 5.41) is 0. The summed E-state index contributed by atoms with van der Waals surface area (Å²) in [5.41, 5.74) is 5.36. The monoisotopic (exact) mass is 950 g/mol. The molecular weight excluding hydrogens is 858 g/mol. The number of rotatable bonds is 46. The third kappa shape index (κ3) is 51.4. The van der Waals surface area contributed by atoms with E-state index in [-0.39, 0.29) is 32.6 Å². The highest BCUT2D eigenvalue weighted by Gasteiger charge is 2.26. The van der Waals surface area contributed by atoms with Crippen LogP contribution in [-0.2, 0) is 32.7 Å². The van der Waals surface area contributed by atoms with Gasteiger partial charge in [-0.1, -0.05) is 192 Å². The maximum absolute atomic E-state index is 12.6. The Hall–Kier alpha value is -3.85. The summed E-state index contributed by atoms with van der Waals surface area (Å²) in [6.45, 7) is 3.43. The fourth-order valence-electron chi connectivity index (χ4n) is 6.31. The Balaban J connectivity index is 4.07. The van der Waals surface area contributed by atoms with Gasteiger partial charge in [-0.05, 0) is 109 Å². The molecule has 0 amide bonds. The Kier molecular flexibility index (Phi) is 48.6. The van der Waals surface area contributed by atoms with E-state index >= 15 is 0 Å². The first-order valence-electron chi connectivity index (χ1n) is 25.7. The first-order valence-corrected chi connectivity index (χ1v) is 27.2. The fraction of sp³-hybridized carbons (Fsp3) is 0.579. The molecule has 0 aliphatic carbocycles. The third-order valence-corrected chi connectivity index (χ3v) is 11.0. The van der Waals surface area contributed by atoms with Crippen LogP contribution in [0, 0.1) is 0 Å². The van der Waals surface area contributed by atoms with Crippen LogP contribution in [0.1, 0.15) is 181 Å². The molecule has 10 heteroatoms. The summed E-state index contributed by atoms with van der Waals surface area (Å²) >= 11 is 0. The molecule has 0 heterocycles. The van der Waals surface area contributed by atoms with Crippen molar-refractivity contribution in [2.24, 2.45) is 5.73 Å². The first-order chi connectivity index (χ1) is 32.8. The zero-order valence-electron chi connectivity index (χ0n) is 41.8. The van der Waals surface area contributed by atoms with Gasteiger partial charge in [0.1, 0.15) is 6.61 Å². The smallest absolute Gasteiger partial charge is 0.462 e. The van der Waals surface area contributed by atoms with Crippen LogP contribution in [0.15, 0.2) is 134 Å². The highest BCUT2D eigenvalue weighted by atomic mass is 31.2. The maximum Gasteiger partial charge on any atom is 0.472 e. The second-order valence-corrected chi connectivity index (χ2v) is 17.7. The van der Waals surface area contributed by atoms with Crippen LogP contribution in [-0.4, -0.2) is 49.3 Å². The van der Waals surface area contributed by atoms with E-state index in [9.17, 15) is 19.0 Å². The molecule has 0 saturated carbocycles. The highest BCUT2D eigenvalue weighted by molar-refractivity contribution is 7.47. The minimum absolute atomic E-state index is 0.0403. The molecule has 378 valence electrons. The number of unbranched alkanes of at least 4 members (excludes halogenated alkanes) is 11. The number of phosphoric ester groups is 1. The second kappa shape index (κ2) is 51.5. The van der Waals surface area contributed by atoms with Gasteiger partial charge in [0, 0.05) is 19.4 Å². The number of phosphoric acid groups is 1. The molecule has 0 aliphatic rings. The van der Waals surface area contributed by atoms with Gasteiger partial charge >= 0.3 is 19.8 Å². The van der Waals surface area contributed by atoms with Crippen molar-refractivity contribution >= 4 is 19.8 Å². The molecule has 9 nitrogen and oxygen atoms in total. The molecule has 67 heavy (non-hydrogen) atoms. The SMILES string of the molecule is CC/C=C\C/C=C\C/C=C\C/C=C\C/C=C\C/C=C\C/C=C\C/C=C\CCCCCCCCCCC(=O)OC(COC(=O)CCCCC/C=C\C/C=C\C/C=C\CC)COP(=O)(O)OCCN. The van der Waals surface area contributed by atoms with Crippen LogP contribution in [0.3, 0.4) is 0 Å². The van der Waals surface area contributed by atoms with Crippen LogP contribution in [0.4, 0.5) is 0 Å². The molecule has 0 aromatic heterocycles. The molecular formula is C57H92NO8P. The van der Waals surface area contributed by atoms with E-state index < -0.39 is 32.5 Å². The van der Waals surface area contributed by atoms with Gasteiger partial charge < -0.3 is 20.1 Å². The normalized spacial score (nSPS) is 14.3. The lowest BCUT2D eigenvalue weighted by molar-refractivity contribution is -0.161. The lowest BCUT2D eigenvalue weighted by Crippen LogP contribution is -2.29. The van der Waals surface area contributed by atoms with Crippen molar-refractivity contribution in [1.82, 2.24) is 0 Å². The largest absolute Gasteiger partial charge is 0.472 e. The number of ether oxygens (including phenoxy) is 2. The van der Waals surface area contributed by atoms with Gasteiger partial charge in [-0.15, -0.1) is 0 Å². The van der Waals surface area contributed by atoms with E-state index in [0.29, 0.717) is 12.8 Å². The fourth-order valence-corrected chi connectivity index (χ4v) is 7.08. The summed E-state index contributed by atoms with van der Waals surface area (Å²) in [6, 6.07) is 0. The van der Waals surface area contributed by atoms with Crippen molar-refractivity contribution in [2.45, 2.75) is 187 Å². The summed E-state index contributed by atoms with van der Waals surface area (Å²) in [5.74, 6) is -0.885. The van der Waals surface area contributed by atoms with Crippen LogP contribution >= 0.6 is 7.82 Å². The van der Waals surface area contributed by atoms with E-state index in [1.54, 1.807) is 0 Å². The average molecular weight is 950 g/mol. The first kappa shape index (κ1) is 63.1. The van der Waals surface area contributed by atoms with Gasteiger partial charge in [-0.2, -0.15) is 0 Å². The van der Waals surface area contributed by atoms with Crippen molar-refractivity contribution in [3.05, 3.63) is 134 Å². The van der Waals surface area contributed by atoms with Gasteiger partial charge in [-0.3, -0.25) is 18.6 Å². The minimum atomic E-state index is -4.40. The Morgan fingerprint density at radius 1 is 0.448 bits per heavy atom. The molecule has 2 atom stereocenters. The molecule has 0 aromatic carbocycles. The van der Waals surface area contributed by atoms with Gasteiger partial charge in [0.25, 0.3) is 0 Å². The van der Waals surface area contributed by atoms with Gasteiger partial charge in [0.2, 0.25) is 0 Å². The summed E-state index contributed by atoms with van der Waals surface area (Å²) in [4.78, 5) is 35.0. The second-order valence-electron chi connectivity index (χ2n) is 16.3. The number of hydrogen-bond acceptors (Lipinski definition) is 8. The summed E-state index contributed by atoms with van der Waals surface area (Å²) in [7, 11) is -4.40. The van der Waals surface area contributed by atoms with Crippen LogP contribution in [0.5, 0.6) is 0 Å². The highest BCUT2D eigenvalue weighted by Crippen LogP contribution is 2.43. The number of carbonyl (C=O) groups excluding carboxylic acids is 2. The molecule has 0 fully saturated rings. The van der Waals surface area contributed by atoms with Gasteiger partial charge in [0.15, 0.2) is 6.10 Å². The number of nitrogens with two attached hydrogens (primary N) is 1. The van der Waals surface area contributed by atoms with Crippen molar-refractivity contribution in [3.63, 3.8) is 0 Å². The number of carbonyl (C=O) groups is 2. The summed E-state index contributed by atoms with van der Waals surface area (Å²) in [6.07, 6.45) is 72.2. The standard InChI is InChI=1S/C57H92NO8P/c1-3-5-7-9-11-13-15-17-18-19-20-21-22-23-24-25-26-27-28-29-30-31-32-33-34-35-36-38-40-42-44-46-48-50-57(60)66-55(54-65-67(61,62)64-52-51-58)53-63-56(59)49-47-45-43-41-39-37-16-14-12-10-8-6-4-2/h5-8,11-14,17-18,20-21,23-24,26-27,29-30,32-33,37,39,55H,3-4,9-10,15-16,19,22,25,28,31,34-36,38,40-54,58H2,1-2H3,(H,61,62)/b7-5-,8-6-,13-11-,14-12-,18-17-,21-20-,24-23-,27-26-,30-29-,33-32-,39-37-. The zero-order valence-corrected chi connectivity index (χ0v) is 42.7. The predicted molar refractivity (Wildman–Crippen MR) is 284 cm³/mol. The van der Waals surface area contributed by atoms with E-state index in [1.807, 2.05) is 0 Å². The minimum Gasteiger partial charge on any atom is -0.462 e. The summed E-state index contributed by atoms with van der Waals surface area (Å²) < 4.78 is 32.8. The van der Waals surface area contributed by atoms with Crippen LogP contribution in [0.2, 0.25) is 0 Å². The Bertz CT molecular complexity index is 1550. The van der Waals surface area contributed by atoms with Crippen molar-refractivity contribution < 1.29 is 37.6 Å². The third-order valence-electron chi connectivity index (χ3n) is 10.0. The van der Waals surface area contributed by atoms with Gasteiger partial charge in [0.05, 0.1) is 13.2 Å². The molecule has 0 aromatic rings. The molecule has 3 N–H and O–H groups in total. The molecule has 2 unspecified atom stereocenters. The molecule has 0 spiro atoms. The molecule has 0 bridgehead atoms. The van der Waals surface area contributed by atoms with Crippen molar-refractivity contribution in [2.75, 3.05) is 26.4 Å². The topological polar surface area (TPSA) is 134 Å². The average Bonchev–Trinajstić information content (AvgIpc) is 3.32. The van der Waals surface area contributed by atoms with E-state index in [4.69, 9.17) is 24.3 Å². The molecule has 0 rings (SSSR count). The Morgan fingerprint density at radius 2 is 0.776 bits per heavy atom. The number of esters is 2. The van der Waals surface area contributed by atoms with E-state index in [1.165, 1.54) is 25.7 Å². The van der Waals surface area contributed by atoms with Crippen LogP contribution in [0.25, 0.3) is 0 Å². The Labute approximate surface area is 408 Å². The molecule has 0 radical (unpaired) electrons. The van der Waals surface area contributed by atoms with Crippen molar-refractivity contribution in [1.29, 1.82) is 0 Å². The van der Waals surface area contributed by atoms with E-state index in [2.05, 4.69) is 148 Å². The van der Waals surface area contributed by atoms with Crippen molar-refractivity contribution in [3.8, 4) is 0 Å². The quantitative estimate of drug-likeness (QED) is 0.0265. The lowest BCUT2D eigenvalue weighted by atomic mass is 10.1.